The van der Waals surface area contributed by atoms with Gasteiger partial charge in [0.1, 0.15) is 11.5 Å². The Morgan fingerprint density at radius 3 is 2.39 bits per heavy atom. The molecule has 0 saturated heterocycles. The van der Waals surface area contributed by atoms with Gasteiger partial charge in [-0.3, -0.25) is 9.55 Å². The summed E-state index contributed by atoms with van der Waals surface area (Å²) in [6.07, 6.45) is 4.49. The first-order valence-corrected chi connectivity index (χ1v) is 11.1. The normalized spacial score (nSPS) is 10.8. The third-order valence-electron chi connectivity index (χ3n) is 4.74. The van der Waals surface area contributed by atoms with Crippen LogP contribution in [0.3, 0.4) is 0 Å². The van der Waals surface area contributed by atoms with Crippen LogP contribution in [0.2, 0.25) is 0 Å². The molecule has 6 nitrogen and oxygen atoms in total. The fraction of sp³-hybridized carbons (Fsp3) is 0.208. The van der Waals surface area contributed by atoms with Crippen LogP contribution in [0.4, 0.5) is 0 Å². The molecule has 0 aliphatic rings. The number of benzene rings is 2. The zero-order chi connectivity index (χ0) is 21.5. The minimum atomic E-state index is 0.638. The number of hydrogen-bond donors (Lipinski definition) is 0. The Labute approximate surface area is 186 Å². The molecule has 0 bridgehead atoms. The second-order valence-electron chi connectivity index (χ2n) is 6.76. The van der Waals surface area contributed by atoms with Crippen LogP contribution in [0.1, 0.15) is 12.5 Å². The van der Waals surface area contributed by atoms with E-state index in [1.165, 1.54) is 5.56 Å². The van der Waals surface area contributed by atoms with Crippen molar-refractivity contribution in [3.63, 3.8) is 0 Å². The Balaban J connectivity index is 1.58. The fourth-order valence-electron chi connectivity index (χ4n) is 3.19. The lowest BCUT2D eigenvalue weighted by atomic mass is 10.2. The first kappa shape index (κ1) is 20.9. The van der Waals surface area contributed by atoms with Gasteiger partial charge < -0.3 is 9.47 Å². The average Bonchev–Trinajstić information content (AvgIpc) is 3.25. The summed E-state index contributed by atoms with van der Waals surface area (Å²) in [6, 6.07) is 20.1. The standard InChI is InChI=1S/C24H24N4O2S/c1-3-30-22-12-8-20(9-13-22)28-23(19-5-4-15-25-17-19)26-27-24(28)31-16-14-18-6-10-21(29-2)11-7-18/h4-13,15,17H,3,14,16H2,1-2H3. The largest absolute Gasteiger partial charge is 0.497 e. The molecule has 0 amide bonds. The molecule has 0 saturated carbocycles. The van der Waals surface area contributed by atoms with Crippen molar-refractivity contribution in [2.45, 2.75) is 18.5 Å². The maximum absolute atomic E-state index is 5.59. The van der Waals surface area contributed by atoms with Gasteiger partial charge in [0.25, 0.3) is 0 Å². The topological polar surface area (TPSA) is 62.1 Å². The molecule has 4 rings (SSSR count). The predicted molar refractivity (Wildman–Crippen MR) is 123 cm³/mol. The summed E-state index contributed by atoms with van der Waals surface area (Å²) in [6.45, 7) is 2.62. The third-order valence-corrected chi connectivity index (χ3v) is 5.67. The van der Waals surface area contributed by atoms with Crippen molar-refractivity contribution in [1.82, 2.24) is 19.7 Å². The molecule has 7 heteroatoms. The highest BCUT2D eigenvalue weighted by atomic mass is 32.2. The molecule has 0 fully saturated rings. The number of methoxy groups -OCH3 is 1. The maximum atomic E-state index is 5.59. The number of aromatic nitrogens is 4. The summed E-state index contributed by atoms with van der Waals surface area (Å²) in [5, 5.41) is 9.80. The Hall–Kier alpha value is -3.32. The van der Waals surface area contributed by atoms with Crippen LogP contribution in [0.15, 0.2) is 78.2 Å². The maximum Gasteiger partial charge on any atom is 0.196 e. The molecule has 0 aliphatic heterocycles. The van der Waals surface area contributed by atoms with Crippen LogP contribution in [-0.2, 0) is 6.42 Å². The highest BCUT2D eigenvalue weighted by Crippen LogP contribution is 2.29. The van der Waals surface area contributed by atoms with Gasteiger partial charge in [-0.05, 0) is 67.4 Å². The van der Waals surface area contributed by atoms with E-state index in [2.05, 4.69) is 31.9 Å². The van der Waals surface area contributed by atoms with E-state index < -0.39 is 0 Å². The smallest absolute Gasteiger partial charge is 0.196 e. The van der Waals surface area contributed by atoms with Gasteiger partial charge in [-0.1, -0.05) is 23.9 Å². The van der Waals surface area contributed by atoms with Crippen LogP contribution >= 0.6 is 11.8 Å². The average molecular weight is 433 g/mol. The van der Waals surface area contributed by atoms with Gasteiger partial charge in [0.15, 0.2) is 11.0 Å². The second kappa shape index (κ2) is 10.1. The highest BCUT2D eigenvalue weighted by Gasteiger charge is 2.16. The summed E-state index contributed by atoms with van der Waals surface area (Å²) in [4.78, 5) is 4.24. The third kappa shape index (κ3) is 5.06. The fourth-order valence-corrected chi connectivity index (χ4v) is 4.13. The van der Waals surface area contributed by atoms with Gasteiger partial charge in [-0.2, -0.15) is 0 Å². The van der Waals surface area contributed by atoms with Gasteiger partial charge in [0.2, 0.25) is 0 Å². The Bertz CT molecular complexity index is 1100. The van der Waals surface area contributed by atoms with Crippen molar-refractivity contribution in [2.24, 2.45) is 0 Å². The molecule has 2 aromatic heterocycles. The van der Waals surface area contributed by atoms with E-state index in [4.69, 9.17) is 9.47 Å². The van der Waals surface area contributed by atoms with E-state index in [-0.39, 0.29) is 0 Å². The zero-order valence-electron chi connectivity index (χ0n) is 17.6. The number of rotatable bonds is 9. The lowest BCUT2D eigenvalue weighted by molar-refractivity contribution is 0.340. The lowest BCUT2D eigenvalue weighted by Crippen LogP contribution is -2.01. The zero-order valence-corrected chi connectivity index (χ0v) is 18.4. The molecule has 0 radical (unpaired) electrons. The van der Waals surface area contributed by atoms with Crippen molar-refractivity contribution in [1.29, 1.82) is 0 Å². The molecule has 2 aromatic carbocycles. The number of pyridine rings is 1. The Kier molecular flexibility index (Phi) is 6.84. The quantitative estimate of drug-likeness (QED) is 0.344. The molecule has 158 valence electrons. The Morgan fingerprint density at radius 1 is 0.935 bits per heavy atom. The van der Waals surface area contributed by atoms with Crippen LogP contribution in [0.25, 0.3) is 17.1 Å². The predicted octanol–water partition coefficient (Wildman–Crippen LogP) is 5.07. The number of nitrogens with zero attached hydrogens (tertiary/aromatic N) is 4. The molecule has 4 aromatic rings. The van der Waals surface area contributed by atoms with E-state index in [9.17, 15) is 0 Å². The van der Waals surface area contributed by atoms with E-state index >= 15 is 0 Å². The first-order chi connectivity index (χ1) is 15.3. The number of thioether (sulfide) groups is 1. The molecule has 0 unspecified atom stereocenters. The van der Waals surface area contributed by atoms with Gasteiger partial charge in [-0.15, -0.1) is 10.2 Å². The van der Waals surface area contributed by atoms with Crippen LogP contribution in [0.5, 0.6) is 11.5 Å². The van der Waals surface area contributed by atoms with Crippen LogP contribution < -0.4 is 9.47 Å². The molecular formula is C24H24N4O2S. The number of aryl methyl sites for hydroxylation is 1. The summed E-state index contributed by atoms with van der Waals surface area (Å²) in [5.74, 6) is 3.36. The van der Waals surface area contributed by atoms with Crippen molar-refractivity contribution in [2.75, 3.05) is 19.5 Å². The minimum Gasteiger partial charge on any atom is -0.497 e. The van der Waals surface area contributed by atoms with Gasteiger partial charge in [0, 0.05) is 29.4 Å². The van der Waals surface area contributed by atoms with Crippen molar-refractivity contribution >= 4 is 11.8 Å². The van der Waals surface area contributed by atoms with Crippen molar-refractivity contribution in [3.05, 3.63) is 78.6 Å². The van der Waals surface area contributed by atoms with E-state index in [1.54, 1.807) is 31.3 Å². The van der Waals surface area contributed by atoms with Crippen molar-refractivity contribution < 1.29 is 9.47 Å². The van der Waals surface area contributed by atoms with Gasteiger partial charge in [-0.25, -0.2) is 0 Å². The number of hydrogen-bond acceptors (Lipinski definition) is 6. The van der Waals surface area contributed by atoms with Gasteiger partial charge in [0.05, 0.1) is 13.7 Å². The summed E-state index contributed by atoms with van der Waals surface area (Å²) >= 11 is 1.68. The summed E-state index contributed by atoms with van der Waals surface area (Å²) in [5.41, 5.74) is 3.16. The molecule has 0 N–H and O–H groups in total. The summed E-state index contributed by atoms with van der Waals surface area (Å²) < 4.78 is 12.9. The molecule has 31 heavy (non-hydrogen) atoms. The molecular weight excluding hydrogens is 408 g/mol. The van der Waals surface area contributed by atoms with E-state index in [0.717, 1.165) is 45.9 Å². The molecule has 0 spiro atoms. The molecule has 0 atom stereocenters. The second-order valence-corrected chi connectivity index (χ2v) is 7.82. The number of ether oxygens (including phenoxy) is 2. The highest BCUT2D eigenvalue weighted by molar-refractivity contribution is 7.99. The van der Waals surface area contributed by atoms with E-state index in [1.807, 2.05) is 55.5 Å². The minimum absolute atomic E-state index is 0.638. The van der Waals surface area contributed by atoms with Crippen LogP contribution in [-0.4, -0.2) is 39.2 Å². The summed E-state index contributed by atoms with van der Waals surface area (Å²) in [7, 11) is 1.68. The lowest BCUT2D eigenvalue weighted by Gasteiger charge is -2.11. The Morgan fingerprint density at radius 2 is 1.71 bits per heavy atom. The van der Waals surface area contributed by atoms with Gasteiger partial charge >= 0.3 is 0 Å². The van der Waals surface area contributed by atoms with E-state index in [0.29, 0.717) is 6.61 Å². The molecule has 0 aliphatic carbocycles. The monoisotopic (exact) mass is 432 g/mol. The SMILES string of the molecule is CCOc1ccc(-n2c(SCCc3ccc(OC)cc3)nnc2-c2cccnc2)cc1. The van der Waals surface area contributed by atoms with Crippen molar-refractivity contribution in [3.8, 4) is 28.6 Å². The van der Waals surface area contributed by atoms with Crippen LogP contribution in [0, 0.1) is 0 Å². The first-order valence-electron chi connectivity index (χ1n) is 10.1. The molecule has 2 heterocycles.